The van der Waals surface area contributed by atoms with Crippen LogP contribution in [0.15, 0.2) is 72.8 Å². The number of hydrogen-bond donors (Lipinski definition) is 2. The molecular weight excluding hydrogens is 398 g/mol. The van der Waals surface area contributed by atoms with Gasteiger partial charge in [-0.1, -0.05) is 24.3 Å². The molecule has 1 fully saturated rings. The Labute approximate surface area is 188 Å². The van der Waals surface area contributed by atoms with E-state index in [0.29, 0.717) is 0 Å². The molecule has 5 rings (SSSR count). The molecule has 1 saturated heterocycles. The molecule has 0 spiro atoms. The third-order valence-electron chi connectivity index (χ3n) is 6.14. The lowest BCUT2D eigenvalue weighted by atomic mass is 10.2. The summed E-state index contributed by atoms with van der Waals surface area (Å²) in [4.78, 5) is 13.0. The highest BCUT2D eigenvalue weighted by atomic mass is 16.5. The van der Waals surface area contributed by atoms with E-state index in [9.17, 15) is 0 Å². The molecule has 1 aliphatic rings. The van der Waals surface area contributed by atoms with E-state index in [2.05, 4.69) is 69.5 Å². The first-order chi connectivity index (χ1) is 15.7. The van der Waals surface area contributed by atoms with Gasteiger partial charge in [-0.25, -0.2) is 4.98 Å². The normalized spacial score (nSPS) is 15.1. The average Bonchev–Trinajstić information content (AvgIpc) is 3.29. The van der Waals surface area contributed by atoms with Crippen LogP contribution in [0.25, 0.3) is 11.0 Å². The van der Waals surface area contributed by atoms with Crippen molar-refractivity contribution < 1.29 is 4.74 Å². The molecule has 0 radical (unpaired) electrons. The van der Waals surface area contributed by atoms with Crippen LogP contribution in [-0.4, -0.2) is 43.3 Å². The molecular formula is C26H29N5O. The number of rotatable bonds is 6. The summed E-state index contributed by atoms with van der Waals surface area (Å²) in [5.74, 6) is 1.89. The highest BCUT2D eigenvalue weighted by molar-refractivity contribution is 5.75. The van der Waals surface area contributed by atoms with Crippen molar-refractivity contribution in [3.63, 3.8) is 0 Å². The fourth-order valence-electron chi connectivity index (χ4n) is 4.36. The van der Waals surface area contributed by atoms with Crippen molar-refractivity contribution in [1.82, 2.24) is 9.97 Å². The van der Waals surface area contributed by atoms with Crippen molar-refractivity contribution >= 4 is 28.1 Å². The summed E-state index contributed by atoms with van der Waals surface area (Å²) in [7, 11) is 1.74. The number of nitrogens with zero attached hydrogens (tertiary/aromatic N) is 3. The molecule has 164 valence electrons. The SMILES string of the molecule is COc1ccccc1N1CCN(c2ccc(NC(C)c3nc4ccccc4[nH]3)cc2)CC1. The van der Waals surface area contributed by atoms with Crippen LogP contribution in [0.2, 0.25) is 0 Å². The maximum atomic E-state index is 5.53. The summed E-state index contributed by atoms with van der Waals surface area (Å²) in [6, 6.07) is 25.2. The van der Waals surface area contributed by atoms with Crippen molar-refractivity contribution in [1.29, 1.82) is 0 Å². The molecule has 1 unspecified atom stereocenters. The largest absolute Gasteiger partial charge is 0.495 e. The second-order valence-electron chi connectivity index (χ2n) is 8.20. The molecule has 0 bridgehead atoms. The first-order valence-electron chi connectivity index (χ1n) is 11.2. The van der Waals surface area contributed by atoms with E-state index in [1.54, 1.807) is 7.11 Å². The fraction of sp³-hybridized carbons (Fsp3) is 0.269. The number of piperazine rings is 1. The van der Waals surface area contributed by atoms with Crippen LogP contribution in [0.3, 0.4) is 0 Å². The Balaban J connectivity index is 1.20. The zero-order valence-electron chi connectivity index (χ0n) is 18.6. The van der Waals surface area contributed by atoms with Crippen molar-refractivity contribution in [2.45, 2.75) is 13.0 Å². The number of anilines is 3. The van der Waals surface area contributed by atoms with Gasteiger partial charge in [-0.2, -0.15) is 0 Å². The summed E-state index contributed by atoms with van der Waals surface area (Å²) in [5.41, 5.74) is 5.59. The van der Waals surface area contributed by atoms with E-state index in [0.717, 1.165) is 54.5 Å². The van der Waals surface area contributed by atoms with Crippen LogP contribution in [-0.2, 0) is 0 Å². The number of nitrogens with one attached hydrogen (secondary N) is 2. The predicted octanol–water partition coefficient (Wildman–Crippen LogP) is 5.07. The minimum atomic E-state index is 0.0950. The van der Waals surface area contributed by atoms with E-state index in [4.69, 9.17) is 9.72 Å². The second kappa shape index (κ2) is 8.83. The maximum absolute atomic E-state index is 5.53. The Morgan fingerprint density at radius 1 is 0.875 bits per heavy atom. The van der Waals surface area contributed by atoms with Crippen LogP contribution in [0, 0.1) is 0 Å². The lowest BCUT2D eigenvalue weighted by Crippen LogP contribution is -2.46. The zero-order valence-corrected chi connectivity index (χ0v) is 18.6. The zero-order chi connectivity index (χ0) is 21.9. The van der Waals surface area contributed by atoms with Gasteiger partial charge in [0.25, 0.3) is 0 Å². The predicted molar refractivity (Wildman–Crippen MR) is 132 cm³/mol. The minimum absolute atomic E-state index is 0.0950. The summed E-state index contributed by atoms with van der Waals surface area (Å²) in [6.45, 7) is 6.05. The Kier molecular flexibility index (Phi) is 5.58. The molecule has 1 atom stereocenters. The van der Waals surface area contributed by atoms with E-state index < -0.39 is 0 Å². The molecule has 1 aliphatic heterocycles. The molecule has 1 aromatic heterocycles. The van der Waals surface area contributed by atoms with Gasteiger partial charge in [0.2, 0.25) is 0 Å². The van der Waals surface area contributed by atoms with E-state index in [-0.39, 0.29) is 6.04 Å². The van der Waals surface area contributed by atoms with Gasteiger partial charge in [-0.15, -0.1) is 0 Å². The number of para-hydroxylation sites is 4. The molecule has 32 heavy (non-hydrogen) atoms. The van der Waals surface area contributed by atoms with E-state index in [1.807, 2.05) is 30.3 Å². The summed E-state index contributed by atoms with van der Waals surface area (Å²) >= 11 is 0. The number of H-pyrrole nitrogens is 1. The van der Waals surface area contributed by atoms with Gasteiger partial charge in [-0.3, -0.25) is 0 Å². The monoisotopic (exact) mass is 427 g/mol. The van der Waals surface area contributed by atoms with Crippen molar-refractivity contribution in [3.8, 4) is 5.75 Å². The number of imidazole rings is 1. The molecule has 0 saturated carbocycles. The van der Waals surface area contributed by atoms with Crippen LogP contribution in [0.4, 0.5) is 17.1 Å². The Hall–Kier alpha value is -3.67. The Bertz CT molecular complexity index is 1150. The number of aromatic amines is 1. The summed E-state index contributed by atoms with van der Waals surface area (Å²) in [5, 5.41) is 3.56. The molecule has 4 aromatic rings. The van der Waals surface area contributed by atoms with Crippen LogP contribution in [0.5, 0.6) is 5.75 Å². The average molecular weight is 428 g/mol. The van der Waals surface area contributed by atoms with Crippen LogP contribution in [0.1, 0.15) is 18.8 Å². The van der Waals surface area contributed by atoms with Crippen LogP contribution < -0.4 is 19.9 Å². The molecule has 6 nitrogen and oxygen atoms in total. The first kappa shape index (κ1) is 20.2. The third-order valence-corrected chi connectivity index (χ3v) is 6.14. The highest BCUT2D eigenvalue weighted by Gasteiger charge is 2.20. The highest BCUT2D eigenvalue weighted by Crippen LogP contribution is 2.29. The third kappa shape index (κ3) is 4.08. The standard InChI is InChI=1S/C26H29N5O/c1-19(26-28-22-7-3-4-8-23(22)29-26)27-20-11-13-21(14-12-20)30-15-17-31(18-16-30)24-9-5-6-10-25(24)32-2/h3-14,19,27H,15-18H2,1-2H3,(H,28,29). The Morgan fingerprint density at radius 3 is 2.31 bits per heavy atom. The molecule has 0 aliphatic carbocycles. The first-order valence-corrected chi connectivity index (χ1v) is 11.2. The minimum Gasteiger partial charge on any atom is -0.495 e. The number of benzene rings is 3. The Morgan fingerprint density at radius 2 is 1.56 bits per heavy atom. The van der Waals surface area contributed by atoms with Crippen molar-refractivity contribution in [3.05, 3.63) is 78.6 Å². The smallest absolute Gasteiger partial charge is 0.142 e. The van der Waals surface area contributed by atoms with Crippen LogP contribution >= 0.6 is 0 Å². The lowest BCUT2D eigenvalue weighted by Gasteiger charge is -2.37. The van der Waals surface area contributed by atoms with Gasteiger partial charge in [0.15, 0.2) is 0 Å². The topological polar surface area (TPSA) is 56.4 Å². The fourth-order valence-corrected chi connectivity index (χ4v) is 4.36. The van der Waals surface area contributed by atoms with Gasteiger partial charge in [0.05, 0.1) is 29.9 Å². The van der Waals surface area contributed by atoms with Gasteiger partial charge in [0.1, 0.15) is 11.6 Å². The van der Waals surface area contributed by atoms with Gasteiger partial charge in [-0.05, 0) is 55.5 Å². The summed E-state index contributed by atoms with van der Waals surface area (Å²) < 4.78 is 5.53. The molecule has 3 aromatic carbocycles. The van der Waals surface area contributed by atoms with Gasteiger partial charge in [0, 0.05) is 37.6 Å². The molecule has 2 heterocycles. The number of ether oxygens (including phenoxy) is 1. The number of methoxy groups -OCH3 is 1. The van der Waals surface area contributed by atoms with Crippen molar-refractivity contribution in [2.24, 2.45) is 0 Å². The molecule has 2 N–H and O–H groups in total. The lowest BCUT2D eigenvalue weighted by molar-refractivity contribution is 0.413. The second-order valence-corrected chi connectivity index (χ2v) is 8.20. The van der Waals surface area contributed by atoms with E-state index >= 15 is 0 Å². The van der Waals surface area contributed by atoms with Gasteiger partial charge >= 0.3 is 0 Å². The van der Waals surface area contributed by atoms with E-state index in [1.165, 1.54) is 11.4 Å². The number of fused-ring (bicyclic) bond motifs is 1. The number of aromatic nitrogens is 2. The van der Waals surface area contributed by atoms with Crippen molar-refractivity contribution in [2.75, 3.05) is 48.4 Å². The maximum Gasteiger partial charge on any atom is 0.142 e. The molecule has 0 amide bonds. The quantitative estimate of drug-likeness (QED) is 0.450. The van der Waals surface area contributed by atoms with Gasteiger partial charge < -0.3 is 24.8 Å². The number of hydrogen-bond acceptors (Lipinski definition) is 5. The summed E-state index contributed by atoms with van der Waals surface area (Å²) in [6.07, 6.45) is 0. The molecule has 6 heteroatoms.